The van der Waals surface area contributed by atoms with Crippen molar-refractivity contribution in [3.05, 3.63) is 47.5 Å². The van der Waals surface area contributed by atoms with E-state index in [1.54, 1.807) is 12.4 Å². The van der Waals surface area contributed by atoms with E-state index in [0.29, 0.717) is 13.2 Å². The Bertz CT molecular complexity index is 846. The molecule has 1 aromatic heterocycles. The van der Waals surface area contributed by atoms with Gasteiger partial charge in [0.2, 0.25) is 0 Å². The van der Waals surface area contributed by atoms with E-state index in [4.69, 9.17) is 9.47 Å². The Morgan fingerprint density at radius 2 is 1.81 bits per heavy atom. The molecule has 0 N–H and O–H groups in total. The molecule has 2 aromatic rings. The van der Waals surface area contributed by atoms with E-state index >= 15 is 0 Å². The first-order valence-corrected chi connectivity index (χ1v) is 8.92. The maximum Gasteiger partial charge on any atom is 0.419 e. The number of nitrogens with zero attached hydrogens (tertiary/aromatic N) is 2. The van der Waals surface area contributed by atoms with Gasteiger partial charge in [-0.05, 0) is 40.5 Å². The molecule has 4 rings (SSSR count). The zero-order valence-corrected chi connectivity index (χ0v) is 15.3. The van der Waals surface area contributed by atoms with Crippen molar-refractivity contribution >= 4 is 0 Å². The lowest BCUT2D eigenvalue weighted by Gasteiger charge is -2.34. The van der Waals surface area contributed by atoms with Gasteiger partial charge >= 0.3 is 6.18 Å². The molecule has 4 nitrogen and oxygen atoms in total. The summed E-state index contributed by atoms with van der Waals surface area (Å²) in [6.45, 7) is 4.44. The number of aromatic nitrogens is 2. The average Bonchev–Trinajstić information content (AvgIpc) is 3.41. The van der Waals surface area contributed by atoms with Crippen molar-refractivity contribution in [2.75, 3.05) is 13.2 Å². The van der Waals surface area contributed by atoms with Crippen LogP contribution in [0.15, 0.2) is 30.9 Å². The van der Waals surface area contributed by atoms with Crippen molar-refractivity contribution in [2.24, 2.45) is 0 Å². The van der Waals surface area contributed by atoms with Crippen LogP contribution in [-0.2, 0) is 27.9 Å². The van der Waals surface area contributed by atoms with Gasteiger partial charge in [-0.25, -0.2) is 9.97 Å². The van der Waals surface area contributed by atoms with Crippen LogP contribution in [0.5, 0.6) is 0 Å². The molecule has 1 unspecified atom stereocenters. The summed E-state index contributed by atoms with van der Waals surface area (Å²) in [5, 5.41) is 0. The summed E-state index contributed by atoms with van der Waals surface area (Å²) in [5.41, 5.74) is 1.97. The molecule has 1 atom stereocenters. The van der Waals surface area contributed by atoms with Crippen molar-refractivity contribution in [3.63, 3.8) is 0 Å². The minimum atomic E-state index is -4.37. The highest BCUT2D eigenvalue weighted by Gasteiger charge is 2.67. The first kappa shape index (κ1) is 18.4. The first-order chi connectivity index (χ1) is 12.7. The van der Waals surface area contributed by atoms with Crippen molar-refractivity contribution in [3.8, 4) is 11.1 Å². The number of ether oxygens (including phenoxy) is 2. The SMILES string of the molecule is CC(C)(CC1(C(F)(F)F)CO1)c1cc(-c2cncnc2)cc2c1COCC2. The third-order valence-electron chi connectivity index (χ3n) is 5.46. The Kier molecular flexibility index (Phi) is 4.27. The lowest BCUT2D eigenvalue weighted by Crippen LogP contribution is -2.39. The molecule has 1 aromatic carbocycles. The number of halogens is 3. The lowest BCUT2D eigenvalue weighted by molar-refractivity contribution is -0.188. The van der Waals surface area contributed by atoms with Crippen LogP contribution in [0.3, 0.4) is 0 Å². The topological polar surface area (TPSA) is 47.5 Å². The van der Waals surface area contributed by atoms with E-state index in [1.165, 1.54) is 6.33 Å². The van der Waals surface area contributed by atoms with Crippen molar-refractivity contribution < 1.29 is 22.6 Å². The average molecular weight is 378 g/mol. The van der Waals surface area contributed by atoms with Gasteiger partial charge in [-0.2, -0.15) is 13.2 Å². The zero-order chi connectivity index (χ0) is 19.3. The molecule has 27 heavy (non-hydrogen) atoms. The molecule has 1 fully saturated rings. The van der Waals surface area contributed by atoms with Crippen LogP contribution in [0.4, 0.5) is 13.2 Å². The monoisotopic (exact) mass is 378 g/mol. The molecule has 144 valence electrons. The first-order valence-electron chi connectivity index (χ1n) is 8.92. The maximum absolute atomic E-state index is 13.5. The Labute approximate surface area is 155 Å². The molecule has 2 aliphatic rings. The highest BCUT2D eigenvalue weighted by molar-refractivity contribution is 5.66. The number of hydrogen-bond acceptors (Lipinski definition) is 4. The zero-order valence-electron chi connectivity index (χ0n) is 15.3. The van der Waals surface area contributed by atoms with E-state index in [9.17, 15) is 13.2 Å². The summed E-state index contributed by atoms with van der Waals surface area (Å²) in [4.78, 5) is 8.12. The van der Waals surface area contributed by atoms with Crippen LogP contribution < -0.4 is 0 Å². The fraction of sp³-hybridized carbons (Fsp3) is 0.500. The highest BCUT2D eigenvalue weighted by Crippen LogP contribution is 2.52. The number of benzene rings is 1. The molecule has 3 heterocycles. The van der Waals surface area contributed by atoms with Gasteiger partial charge in [-0.15, -0.1) is 0 Å². The standard InChI is InChI=1S/C20H21F3N2O2/c1-18(2,10-19(11-27-19)20(21,22)23)17-6-14(15-7-24-12-25-8-15)5-13-3-4-26-9-16(13)17/h5-8,12H,3-4,9-11H2,1-2H3. The van der Waals surface area contributed by atoms with E-state index < -0.39 is 17.2 Å². The van der Waals surface area contributed by atoms with Crippen LogP contribution in [0, 0.1) is 0 Å². The summed E-state index contributed by atoms with van der Waals surface area (Å²) >= 11 is 0. The maximum atomic E-state index is 13.5. The van der Waals surface area contributed by atoms with Crippen molar-refractivity contribution in [1.29, 1.82) is 0 Å². The molecule has 0 amide bonds. The lowest BCUT2D eigenvalue weighted by atomic mass is 9.73. The fourth-order valence-corrected chi connectivity index (χ4v) is 3.96. The Hall–Kier alpha value is -1.99. The second-order valence-electron chi connectivity index (χ2n) is 7.93. The number of hydrogen-bond donors (Lipinski definition) is 0. The minimum Gasteiger partial charge on any atom is -0.376 e. The van der Waals surface area contributed by atoms with Gasteiger partial charge in [-0.1, -0.05) is 26.0 Å². The van der Waals surface area contributed by atoms with E-state index in [-0.39, 0.29) is 13.0 Å². The summed E-state index contributed by atoms with van der Waals surface area (Å²) in [6, 6.07) is 4.03. The summed E-state index contributed by atoms with van der Waals surface area (Å²) in [7, 11) is 0. The molecule has 0 radical (unpaired) electrons. The molecule has 0 bridgehead atoms. The molecule has 2 aliphatic heterocycles. The Balaban J connectivity index is 1.79. The van der Waals surface area contributed by atoms with Gasteiger partial charge in [0.1, 0.15) is 6.33 Å². The summed E-state index contributed by atoms with van der Waals surface area (Å²) < 4.78 is 50.9. The fourth-order valence-electron chi connectivity index (χ4n) is 3.96. The van der Waals surface area contributed by atoms with Crippen LogP contribution in [0.25, 0.3) is 11.1 Å². The molecule has 7 heteroatoms. The quantitative estimate of drug-likeness (QED) is 0.748. The van der Waals surface area contributed by atoms with Crippen molar-refractivity contribution in [1.82, 2.24) is 9.97 Å². The largest absolute Gasteiger partial charge is 0.419 e. The van der Waals surface area contributed by atoms with Crippen molar-refractivity contribution in [2.45, 2.75) is 50.5 Å². The predicted molar refractivity (Wildman–Crippen MR) is 93.2 cm³/mol. The molecule has 0 spiro atoms. The molecular weight excluding hydrogens is 357 g/mol. The molecular formula is C20H21F3N2O2. The smallest absolute Gasteiger partial charge is 0.376 e. The number of epoxide rings is 1. The normalized spacial score (nSPS) is 22.4. The number of fused-ring (bicyclic) bond motifs is 1. The van der Waals surface area contributed by atoms with Gasteiger partial charge in [0.25, 0.3) is 0 Å². The van der Waals surface area contributed by atoms with Gasteiger partial charge in [0.05, 0.1) is 19.8 Å². The highest BCUT2D eigenvalue weighted by atomic mass is 19.4. The third-order valence-corrected chi connectivity index (χ3v) is 5.46. The number of alkyl halides is 3. The van der Waals surface area contributed by atoms with Crippen LogP contribution in [0.2, 0.25) is 0 Å². The summed E-state index contributed by atoms with van der Waals surface area (Å²) in [6.07, 6.45) is 1.13. The van der Waals surface area contributed by atoms with Crippen LogP contribution in [0.1, 0.15) is 37.0 Å². The summed E-state index contributed by atoms with van der Waals surface area (Å²) in [5.74, 6) is 0. The third kappa shape index (κ3) is 3.34. The van der Waals surface area contributed by atoms with Gasteiger partial charge in [-0.3, -0.25) is 0 Å². The van der Waals surface area contributed by atoms with Gasteiger partial charge < -0.3 is 9.47 Å². The second-order valence-corrected chi connectivity index (χ2v) is 7.93. The van der Waals surface area contributed by atoms with Gasteiger partial charge in [0.15, 0.2) is 5.60 Å². The molecule has 1 saturated heterocycles. The van der Waals surface area contributed by atoms with Crippen LogP contribution in [-0.4, -0.2) is 35.0 Å². The Morgan fingerprint density at radius 1 is 1.11 bits per heavy atom. The van der Waals surface area contributed by atoms with E-state index in [2.05, 4.69) is 16.0 Å². The van der Waals surface area contributed by atoms with E-state index in [0.717, 1.165) is 34.2 Å². The molecule has 0 saturated carbocycles. The van der Waals surface area contributed by atoms with Crippen LogP contribution >= 0.6 is 0 Å². The van der Waals surface area contributed by atoms with E-state index in [1.807, 2.05) is 19.9 Å². The second kappa shape index (κ2) is 6.27. The molecule has 0 aliphatic carbocycles. The van der Waals surface area contributed by atoms with Gasteiger partial charge in [0, 0.05) is 18.0 Å². The Morgan fingerprint density at radius 3 is 2.44 bits per heavy atom. The minimum absolute atomic E-state index is 0.120. The number of rotatable bonds is 4. The predicted octanol–water partition coefficient (Wildman–Crippen LogP) is 4.22.